The van der Waals surface area contributed by atoms with Crippen molar-refractivity contribution in [1.82, 2.24) is 4.90 Å². The number of carbonyl (C=O) groups is 1. The van der Waals surface area contributed by atoms with E-state index in [2.05, 4.69) is 0 Å². The number of hydrogen-bond acceptors (Lipinski definition) is 3. The van der Waals surface area contributed by atoms with E-state index in [1.807, 2.05) is 20.8 Å². The molecular formula is C24H31F8NO3. The van der Waals surface area contributed by atoms with E-state index in [0.717, 1.165) is 4.90 Å². The first-order valence-corrected chi connectivity index (χ1v) is 11.5. The number of hydrogen-bond donors (Lipinski definition) is 2. The van der Waals surface area contributed by atoms with Crippen molar-refractivity contribution in [3.8, 4) is 0 Å². The third-order valence-electron chi connectivity index (χ3n) is 6.58. The Kier molecular flexibility index (Phi) is 8.77. The van der Waals surface area contributed by atoms with Gasteiger partial charge in [-0.15, -0.1) is 0 Å². The monoisotopic (exact) mass is 533 g/mol. The molecule has 1 heterocycles. The molecule has 1 aliphatic heterocycles. The third-order valence-corrected chi connectivity index (χ3v) is 6.58. The van der Waals surface area contributed by atoms with Crippen molar-refractivity contribution in [3.05, 3.63) is 35.4 Å². The standard InChI is InChI=1S/C24H31F8NO3/c1-20(2,3)11-8-18(9-12-21(25,26)27)33-13-10-17(14-19(34)35)22(28,29)23(33,36)15-4-6-16(7-5-15)24(30,31)32/h4-7,17-18,36H,8-14H2,1-3H3,(H,34,35)/t17-,18+,23-/m0/s1. The number of aliphatic hydroxyl groups is 1. The molecule has 0 saturated carbocycles. The van der Waals surface area contributed by atoms with Crippen LogP contribution in [0, 0.1) is 11.3 Å². The first kappa shape index (κ1) is 30.3. The van der Waals surface area contributed by atoms with E-state index in [9.17, 15) is 36.2 Å². The van der Waals surface area contributed by atoms with Crippen LogP contribution in [-0.2, 0) is 16.7 Å². The predicted molar refractivity (Wildman–Crippen MR) is 115 cm³/mol. The fourth-order valence-electron chi connectivity index (χ4n) is 4.64. The topological polar surface area (TPSA) is 60.8 Å². The number of carboxylic acids is 1. The van der Waals surface area contributed by atoms with E-state index < -0.39 is 78.7 Å². The van der Waals surface area contributed by atoms with Crippen LogP contribution in [0.25, 0.3) is 0 Å². The van der Waals surface area contributed by atoms with Crippen molar-refractivity contribution in [2.24, 2.45) is 11.3 Å². The Morgan fingerprint density at radius 1 is 1.03 bits per heavy atom. The molecular weight excluding hydrogens is 502 g/mol. The van der Waals surface area contributed by atoms with Crippen LogP contribution in [0.3, 0.4) is 0 Å². The first-order chi connectivity index (χ1) is 16.2. The van der Waals surface area contributed by atoms with Crippen LogP contribution >= 0.6 is 0 Å². The van der Waals surface area contributed by atoms with Gasteiger partial charge in [-0.2, -0.15) is 26.3 Å². The van der Waals surface area contributed by atoms with Gasteiger partial charge in [-0.05, 0) is 43.2 Å². The first-order valence-electron chi connectivity index (χ1n) is 11.5. The number of piperidine rings is 1. The molecule has 1 aliphatic rings. The Balaban J connectivity index is 2.62. The number of alkyl halides is 8. The Labute approximate surface area is 204 Å². The number of benzene rings is 1. The highest BCUT2D eigenvalue weighted by atomic mass is 19.4. The summed E-state index contributed by atoms with van der Waals surface area (Å²) >= 11 is 0. The van der Waals surface area contributed by atoms with E-state index in [-0.39, 0.29) is 18.4 Å². The second kappa shape index (κ2) is 10.4. The fraction of sp³-hybridized carbons (Fsp3) is 0.708. The summed E-state index contributed by atoms with van der Waals surface area (Å²) in [6, 6.07) is 1.13. The maximum atomic E-state index is 15.9. The van der Waals surface area contributed by atoms with Gasteiger partial charge in [0.15, 0.2) is 0 Å². The lowest BCUT2D eigenvalue weighted by molar-refractivity contribution is -0.318. The molecule has 1 aromatic rings. The van der Waals surface area contributed by atoms with Crippen LogP contribution in [0.2, 0.25) is 0 Å². The van der Waals surface area contributed by atoms with Crippen LogP contribution in [-0.4, -0.2) is 45.8 Å². The van der Waals surface area contributed by atoms with E-state index >= 15 is 8.78 Å². The van der Waals surface area contributed by atoms with Gasteiger partial charge in [0.1, 0.15) is 0 Å². The van der Waals surface area contributed by atoms with E-state index in [1.54, 1.807) is 0 Å². The van der Waals surface area contributed by atoms with Crippen LogP contribution in [0.4, 0.5) is 35.1 Å². The summed E-state index contributed by atoms with van der Waals surface area (Å²) in [7, 11) is 0. The molecule has 1 aromatic carbocycles. The fourth-order valence-corrected chi connectivity index (χ4v) is 4.64. The minimum atomic E-state index is -4.79. The van der Waals surface area contributed by atoms with Crippen LogP contribution in [0.1, 0.15) is 70.4 Å². The van der Waals surface area contributed by atoms with Crippen molar-refractivity contribution in [2.75, 3.05) is 6.54 Å². The molecule has 1 saturated heterocycles. The summed E-state index contributed by atoms with van der Waals surface area (Å²) in [5.41, 5.74) is -5.51. The van der Waals surface area contributed by atoms with E-state index in [1.165, 1.54) is 0 Å². The molecule has 0 spiro atoms. The molecule has 0 unspecified atom stereocenters. The lowest BCUT2D eigenvalue weighted by Gasteiger charge is -2.54. The second-order valence-corrected chi connectivity index (χ2v) is 10.6. The summed E-state index contributed by atoms with van der Waals surface area (Å²) in [6.45, 7) is 5.06. The number of rotatable bonds is 8. The van der Waals surface area contributed by atoms with Gasteiger partial charge in [-0.1, -0.05) is 32.9 Å². The normalized spacial score (nSPS) is 24.5. The molecule has 2 rings (SSSR count). The summed E-state index contributed by atoms with van der Waals surface area (Å²) in [4.78, 5) is 12.0. The lowest BCUT2D eigenvalue weighted by Crippen LogP contribution is -2.67. The Morgan fingerprint density at radius 2 is 1.56 bits per heavy atom. The van der Waals surface area contributed by atoms with Gasteiger partial charge in [0, 0.05) is 30.5 Å². The quantitative estimate of drug-likeness (QED) is 0.360. The van der Waals surface area contributed by atoms with Crippen LogP contribution in [0.15, 0.2) is 24.3 Å². The van der Waals surface area contributed by atoms with Gasteiger partial charge >= 0.3 is 18.3 Å². The number of aliphatic carboxylic acids is 1. The Bertz CT molecular complexity index is 875. The Morgan fingerprint density at radius 3 is 2.00 bits per heavy atom. The molecule has 0 aromatic heterocycles. The number of halogens is 8. The lowest BCUT2D eigenvalue weighted by atomic mass is 9.76. The van der Waals surface area contributed by atoms with E-state index in [4.69, 9.17) is 5.11 Å². The van der Waals surface area contributed by atoms with Gasteiger partial charge in [0.05, 0.1) is 12.0 Å². The van der Waals surface area contributed by atoms with Gasteiger partial charge in [-0.3, -0.25) is 9.69 Å². The summed E-state index contributed by atoms with van der Waals surface area (Å²) in [5, 5.41) is 20.7. The average molecular weight is 534 g/mol. The molecule has 0 bridgehead atoms. The molecule has 2 N–H and O–H groups in total. The number of carboxylic acid groups (broad SMARTS) is 1. The van der Waals surface area contributed by atoms with Gasteiger partial charge < -0.3 is 10.2 Å². The number of likely N-dealkylation sites (tertiary alicyclic amines) is 1. The SMILES string of the molecule is CC(C)(C)CC[C@H](CCC(F)(F)F)N1CC[C@@H](CC(=O)O)C(F)(F)[C@@]1(O)c1ccc(C(F)(F)F)cc1. The molecule has 12 heteroatoms. The van der Waals surface area contributed by atoms with Crippen LogP contribution in [0.5, 0.6) is 0 Å². The highest BCUT2D eigenvalue weighted by Crippen LogP contribution is 2.53. The zero-order valence-electron chi connectivity index (χ0n) is 20.2. The molecule has 0 amide bonds. The summed E-state index contributed by atoms with van der Waals surface area (Å²) in [5.74, 6) is -7.64. The van der Waals surface area contributed by atoms with Gasteiger partial charge in [-0.25, -0.2) is 8.78 Å². The molecule has 36 heavy (non-hydrogen) atoms. The second-order valence-electron chi connectivity index (χ2n) is 10.6. The molecule has 1 fully saturated rings. The maximum Gasteiger partial charge on any atom is 0.416 e. The van der Waals surface area contributed by atoms with Crippen molar-refractivity contribution in [3.63, 3.8) is 0 Å². The van der Waals surface area contributed by atoms with Gasteiger partial charge in [0.25, 0.3) is 5.92 Å². The highest BCUT2D eigenvalue weighted by Gasteiger charge is 2.65. The minimum Gasteiger partial charge on any atom is -0.481 e. The zero-order chi connectivity index (χ0) is 27.7. The largest absolute Gasteiger partial charge is 0.481 e. The maximum absolute atomic E-state index is 15.9. The molecule has 3 atom stereocenters. The van der Waals surface area contributed by atoms with E-state index in [0.29, 0.717) is 30.7 Å². The molecule has 4 nitrogen and oxygen atoms in total. The van der Waals surface area contributed by atoms with Crippen molar-refractivity contribution >= 4 is 5.97 Å². The summed E-state index contributed by atoms with van der Waals surface area (Å²) < 4.78 is 110. The Hall–Kier alpha value is -1.95. The molecule has 0 aliphatic carbocycles. The average Bonchev–Trinajstić information content (AvgIpc) is 2.70. The summed E-state index contributed by atoms with van der Waals surface area (Å²) in [6.07, 6.45) is -12.5. The third kappa shape index (κ3) is 7.08. The van der Waals surface area contributed by atoms with Crippen molar-refractivity contribution < 1.29 is 50.1 Å². The highest BCUT2D eigenvalue weighted by molar-refractivity contribution is 5.67. The molecule has 206 valence electrons. The smallest absolute Gasteiger partial charge is 0.416 e. The zero-order valence-corrected chi connectivity index (χ0v) is 20.2. The number of nitrogens with zero attached hydrogens (tertiary/aromatic N) is 1. The van der Waals surface area contributed by atoms with Gasteiger partial charge in [0.2, 0.25) is 5.72 Å². The van der Waals surface area contributed by atoms with Crippen molar-refractivity contribution in [1.29, 1.82) is 0 Å². The molecule has 0 radical (unpaired) electrons. The predicted octanol–water partition coefficient (Wildman–Crippen LogP) is 6.82. The van der Waals surface area contributed by atoms with Crippen molar-refractivity contribution in [2.45, 2.75) is 89.3 Å². The minimum absolute atomic E-state index is 0.00218. The van der Waals surface area contributed by atoms with Crippen LogP contribution < -0.4 is 0 Å².